The van der Waals surface area contributed by atoms with Crippen molar-refractivity contribution in [3.8, 4) is 11.4 Å². The van der Waals surface area contributed by atoms with E-state index < -0.39 is 0 Å². The van der Waals surface area contributed by atoms with Crippen molar-refractivity contribution in [2.45, 2.75) is 40.5 Å². The van der Waals surface area contributed by atoms with Crippen LogP contribution in [0.25, 0.3) is 11.4 Å². The number of halogens is 1. The fourth-order valence-corrected chi connectivity index (χ4v) is 3.16. The molecule has 2 rings (SSSR count). The Balaban J connectivity index is 2.63. The molecule has 0 aliphatic heterocycles. The summed E-state index contributed by atoms with van der Waals surface area (Å²) in [6.07, 6.45) is 2.06. The molecule has 0 amide bonds. The molecule has 0 aliphatic rings. The van der Waals surface area contributed by atoms with Gasteiger partial charge in [-0.3, -0.25) is 0 Å². The minimum absolute atomic E-state index is 0.823. The standard InChI is InChI=1S/C17H22IN3/c1-6-7-14-15(18)17(19-5)21-16(20-14)13-9-11(3)10(2)8-12(13)4/h8-9H,6-7H2,1-5H3,(H,19,20,21). The van der Waals surface area contributed by atoms with Crippen molar-refractivity contribution in [2.24, 2.45) is 0 Å². The van der Waals surface area contributed by atoms with E-state index in [0.29, 0.717) is 0 Å². The molecule has 2 aromatic rings. The number of nitrogens with zero attached hydrogens (tertiary/aromatic N) is 2. The molecule has 3 nitrogen and oxygen atoms in total. The molecule has 0 atom stereocenters. The van der Waals surface area contributed by atoms with E-state index >= 15 is 0 Å². The van der Waals surface area contributed by atoms with Crippen LogP contribution in [0.15, 0.2) is 12.1 Å². The van der Waals surface area contributed by atoms with Gasteiger partial charge in [0.2, 0.25) is 0 Å². The summed E-state index contributed by atoms with van der Waals surface area (Å²) in [6, 6.07) is 4.41. The number of rotatable bonds is 4. The third-order valence-corrected chi connectivity index (χ3v) is 4.86. The maximum absolute atomic E-state index is 4.81. The molecule has 1 N–H and O–H groups in total. The van der Waals surface area contributed by atoms with Gasteiger partial charge >= 0.3 is 0 Å². The van der Waals surface area contributed by atoms with Crippen LogP contribution >= 0.6 is 22.6 Å². The lowest BCUT2D eigenvalue weighted by atomic mass is 10.0. The molecule has 0 fully saturated rings. The predicted octanol–water partition coefficient (Wildman–Crippen LogP) is 4.67. The topological polar surface area (TPSA) is 37.8 Å². The SMILES string of the molecule is CCCc1nc(-c2cc(C)c(C)cc2C)nc(NC)c1I. The van der Waals surface area contributed by atoms with E-state index in [1.807, 2.05) is 7.05 Å². The van der Waals surface area contributed by atoms with Gasteiger partial charge in [0, 0.05) is 12.6 Å². The number of aryl methyl sites for hydroxylation is 4. The van der Waals surface area contributed by atoms with E-state index in [1.165, 1.54) is 16.7 Å². The van der Waals surface area contributed by atoms with Gasteiger partial charge in [0.15, 0.2) is 5.82 Å². The summed E-state index contributed by atoms with van der Waals surface area (Å²) >= 11 is 2.33. The second-order valence-corrected chi connectivity index (χ2v) is 6.49. The van der Waals surface area contributed by atoms with Gasteiger partial charge in [-0.1, -0.05) is 19.4 Å². The summed E-state index contributed by atoms with van der Waals surface area (Å²) in [6.45, 7) is 8.58. The fourth-order valence-electron chi connectivity index (χ4n) is 2.38. The zero-order valence-electron chi connectivity index (χ0n) is 13.3. The lowest BCUT2D eigenvalue weighted by Crippen LogP contribution is -2.06. The van der Waals surface area contributed by atoms with Gasteiger partial charge in [0.25, 0.3) is 0 Å². The van der Waals surface area contributed by atoms with Crippen molar-refractivity contribution in [1.29, 1.82) is 0 Å². The lowest BCUT2D eigenvalue weighted by Gasteiger charge is -2.13. The zero-order chi connectivity index (χ0) is 15.6. The van der Waals surface area contributed by atoms with E-state index in [2.05, 4.69) is 67.7 Å². The Hall–Kier alpha value is -1.17. The van der Waals surface area contributed by atoms with Crippen LogP contribution in [0.3, 0.4) is 0 Å². The molecule has 0 unspecified atom stereocenters. The number of nitrogens with one attached hydrogen (secondary N) is 1. The number of aromatic nitrogens is 2. The van der Waals surface area contributed by atoms with Gasteiger partial charge in [-0.15, -0.1) is 0 Å². The monoisotopic (exact) mass is 395 g/mol. The van der Waals surface area contributed by atoms with Crippen LogP contribution in [0.4, 0.5) is 5.82 Å². The van der Waals surface area contributed by atoms with Crippen molar-refractivity contribution < 1.29 is 0 Å². The number of benzene rings is 1. The Labute approximate surface area is 140 Å². The molecule has 1 aromatic heterocycles. The summed E-state index contributed by atoms with van der Waals surface area (Å²) < 4.78 is 1.13. The first-order valence-electron chi connectivity index (χ1n) is 7.30. The second-order valence-electron chi connectivity index (χ2n) is 5.41. The highest BCUT2D eigenvalue weighted by Crippen LogP contribution is 2.28. The van der Waals surface area contributed by atoms with Gasteiger partial charge in [-0.25, -0.2) is 9.97 Å². The first kappa shape index (κ1) is 16.2. The van der Waals surface area contributed by atoms with Crippen LogP contribution in [0.5, 0.6) is 0 Å². The average molecular weight is 395 g/mol. The first-order valence-corrected chi connectivity index (χ1v) is 8.38. The minimum atomic E-state index is 0.823. The van der Waals surface area contributed by atoms with Crippen molar-refractivity contribution in [3.05, 3.63) is 38.1 Å². The van der Waals surface area contributed by atoms with E-state index in [4.69, 9.17) is 9.97 Å². The maximum Gasteiger partial charge on any atom is 0.162 e. The summed E-state index contributed by atoms with van der Waals surface area (Å²) in [4.78, 5) is 9.52. The van der Waals surface area contributed by atoms with Gasteiger partial charge in [-0.05, 0) is 72.5 Å². The lowest BCUT2D eigenvalue weighted by molar-refractivity contribution is 0.867. The molecule has 0 saturated carbocycles. The summed E-state index contributed by atoms with van der Waals surface area (Å²) in [5, 5.41) is 3.19. The molecule has 1 heterocycles. The predicted molar refractivity (Wildman–Crippen MR) is 97.9 cm³/mol. The third-order valence-electron chi connectivity index (χ3n) is 3.73. The van der Waals surface area contributed by atoms with Gasteiger partial charge in [-0.2, -0.15) is 0 Å². The molecule has 0 radical (unpaired) electrons. The third kappa shape index (κ3) is 3.36. The molecular weight excluding hydrogens is 373 g/mol. The molecular formula is C17H22IN3. The van der Waals surface area contributed by atoms with E-state index in [0.717, 1.165) is 39.3 Å². The molecule has 112 valence electrons. The zero-order valence-corrected chi connectivity index (χ0v) is 15.5. The van der Waals surface area contributed by atoms with Gasteiger partial charge in [0.05, 0.1) is 9.26 Å². The van der Waals surface area contributed by atoms with E-state index in [1.54, 1.807) is 0 Å². The average Bonchev–Trinajstić information content (AvgIpc) is 2.45. The first-order chi connectivity index (χ1) is 9.97. The quantitative estimate of drug-likeness (QED) is 0.765. The Morgan fingerprint density at radius 3 is 2.33 bits per heavy atom. The Kier molecular flexibility index (Phi) is 5.19. The van der Waals surface area contributed by atoms with E-state index in [9.17, 15) is 0 Å². The normalized spacial score (nSPS) is 10.8. The molecule has 0 bridgehead atoms. The maximum atomic E-state index is 4.81. The van der Waals surface area contributed by atoms with Gasteiger partial charge < -0.3 is 5.32 Å². The Bertz CT molecular complexity index is 666. The fraction of sp³-hybridized carbons (Fsp3) is 0.412. The Morgan fingerprint density at radius 1 is 1.05 bits per heavy atom. The smallest absolute Gasteiger partial charge is 0.162 e. The van der Waals surface area contributed by atoms with Crippen LogP contribution in [0.2, 0.25) is 0 Å². The van der Waals surface area contributed by atoms with Crippen molar-refractivity contribution in [1.82, 2.24) is 9.97 Å². The van der Waals surface area contributed by atoms with Crippen LogP contribution in [-0.4, -0.2) is 17.0 Å². The van der Waals surface area contributed by atoms with Crippen molar-refractivity contribution >= 4 is 28.4 Å². The summed E-state index contributed by atoms with van der Waals surface area (Å²) in [5.41, 5.74) is 6.07. The largest absolute Gasteiger partial charge is 0.372 e. The number of hydrogen-bond donors (Lipinski definition) is 1. The molecule has 1 aromatic carbocycles. The van der Waals surface area contributed by atoms with Crippen LogP contribution < -0.4 is 5.32 Å². The summed E-state index contributed by atoms with van der Waals surface area (Å²) in [7, 11) is 1.91. The minimum Gasteiger partial charge on any atom is -0.372 e. The van der Waals surface area contributed by atoms with Crippen molar-refractivity contribution in [3.63, 3.8) is 0 Å². The Morgan fingerprint density at radius 2 is 1.71 bits per heavy atom. The highest BCUT2D eigenvalue weighted by Gasteiger charge is 2.14. The molecule has 0 aliphatic carbocycles. The highest BCUT2D eigenvalue weighted by atomic mass is 127. The molecule has 21 heavy (non-hydrogen) atoms. The molecule has 0 saturated heterocycles. The van der Waals surface area contributed by atoms with E-state index in [-0.39, 0.29) is 0 Å². The van der Waals surface area contributed by atoms with Crippen LogP contribution in [0.1, 0.15) is 35.7 Å². The van der Waals surface area contributed by atoms with Crippen LogP contribution in [-0.2, 0) is 6.42 Å². The van der Waals surface area contributed by atoms with Gasteiger partial charge in [0.1, 0.15) is 5.82 Å². The molecule has 0 spiro atoms. The highest BCUT2D eigenvalue weighted by molar-refractivity contribution is 14.1. The number of hydrogen-bond acceptors (Lipinski definition) is 3. The number of anilines is 1. The summed E-state index contributed by atoms with van der Waals surface area (Å²) in [5.74, 6) is 1.74. The van der Waals surface area contributed by atoms with Crippen LogP contribution in [0, 0.1) is 24.3 Å². The van der Waals surface area contributed by atoms with Crippen molar-refractivity contribution in [2.75, 3.05) is 12.4 Å². The molecule has 4 heteroatoms. The second kappa shape index (κ2) is 6.73.